The molecule has 1 aliphatic rings. The summed E-state index contributed by atoms with van der Waals surface area (Å²) in [5.74, 6) is 2.14. The number of aromatic nitrogens is 2. The average Bonchev–Trinajstić information content (AvgIpc) is 3.21. The molecule has 9 nitrogen and oxygen atoms in total. The third-order valence-electron chi connectivity index (χ3n) is 9.08. The smallest absolute Gasteiger partial charge is 0.319 e. The molecule has 0 unspecified atom stereocenters. The van der Waals surface area contributed by atoms with Gasteiger partial charge < -0.3 is 30.0 Å². The number of anilines is 1. The Labute approximate surface area is 313 Å². The van der Waals surface area contributed by atoms with Crippen molar-refractivity contribution in [2.45, 2.75) is 43.7 Å². The van der Waals surface area contributed by atoms with Crippen LogP contribution in [-0.2, 0) is 22.6 Å². The Morgan fingerprint density at radius 3 is 2.19 bits per heavy atom. The Hall–Kier alpha value is -5.52. The van der Waals surface area contributed by atoms with Crippen LogP contribution >= 0.6 is 11.8 Å². The zero-order valence-corrected chi connectivity index (χ0v) is 30.0. The number of para-hydroxylation sites is 1. The Morgan fingerprint density at radius 1 is 0.774 bits per heavy atom. The zero-order valence-electron chi connectivity index (χ0n) is 29.2. The third kappa shape index (κ3) is 9.29. The highest BCUT2D eigenvalue weighted by Crippen LogP contribution is 2.43. The molecule has 5 aromatic carbocycles. The molecule has 1 aromatic heterocycles. The van der Waals surface area contributed by atoms with Crippen LogP contribution in [0, 0.1) is 5.92 Å². The second kappa shape index (κ2) is 17.3. The largest absolute Gasteiger partial charge is 0.457 e. The minimum atomic E-state index is -0.593. The summed E-state index contributed by atoms with van der Waals surface area (Å²) in [6.45, 7) is 2.47. The maximum Gasteiger partial charge on any atom is 0.319 e. The van der Waals surface area contributed by atoms with Crippen LogP contribution in [-0.4, -0.2) is 33.0 Å². The molecular weight excluding hydrogens is 685 g/mol. The van der Waals surface area contributed by atoms with Crippen molar-refractivity contribution < 1.29 is 24.1 Å². The number of hydrogen-bond donors (Lipinski definition) is 3. The molecule has 0 spiro atoms. The van der Waals surface area contributed by atoms with Gasteiger partial charge in [0.1, 0.15) is 11.5 Å². The summed E-state index contributed by atoms with van der Waals surface area (Å²) < 4.78 is 19.1. The van der Waals surface area contributed by atoms with E-state index >= 15 is 0 Å². The van der Waals surface area contributed by atoms with Crippen LogP contribution in [0.4, 0.5) is 10.5 Å². The number of aliphatic hydroxyl groups excluding tert-OH is 1. The fraction of sp³-hybridized carbons (Fsp3) is 0.186. The summed E-state index contributed by atoms with van der Waals surface area (Å²) in [7, 11) is 0. The lowest BCUT2D eigenvalue weighted by molar-refractivity contribution is -0.268. The van der Waals surface area contributed by atoms with Gasteiger partial charge in [-0.1, -0.05) is 110 Å². The van der Waals surface area contributed by atoms with Crippen LogP contribution in [0.3, 0.4) is 0 Å². The van der Waals surface area contributed by atoms with Crippen molar-refractivity contribution in [3.05, 3.63) is 168 Å². The van der Waals surface area contributed by atoms with Gasteiger partial charge >= 0.3 is 6.03 Å². The Kier molecular flexibility index (Phi) is 11.7. The van der Waals surface area contributed by atoms with E-state index in [9.17, 15) is 9.90 Å². The van der Waals surface area contributed by atoms with Crippen molar-refractivity contribution in [1.82, 2.24) is 15.3 Å². The number of aliphatic hydroxyl groups is 1. The van der Waals surface area contributed by atoms with E-state index in [-0.39, 0.29) is 30.8 Å². The lowest BCUT2D eigenvalue weighted by Gasteiger charge is -2.41. The molecule has 1 aliphatic heterocycles. The summed E-state index contributed by atoms with van der Waals surface area (Å²) in [5.41, 5.74) is 6.45. The van der Waals surface area contributed by atoms with Crippen molar-refractivity contribution in [2.75, 3.05) is 11.1 Å². The monoisotopic (exact) mass is 724 g/mol. The molecule has 0 bridgehead atoms. The maximum atomic E-state index is 12.9. The summed E-state index contributed by atoms with van der Waals surface area (Å²) in [4.78, 5) is 21.6. The molecule has 0 aliphatic carbocycles. The predicted octanol–water partition coefficient (Wildman–Crippen LogP) is 9.33. The van der Waals surface area contributed by atoms with E-state index in [4.69, 9.17) is 14.2 Å². The van der Waals surface area contributed by atoms with Gasteiger partial charge in [0.05, 0.1) is 18.8 Å². The van der Waals surface area contributed by atoms with E-state index in [1.165, 1.54) is 0 Å². The molecule has 3 N–H and O–H groups in total. The van der Waals surface area contributed by atoms with E-state index in [2.05, 4.69) is 45.7 Å². The van der Waals surface area contributed by atoms with Gasteiger partial charge in [-0.15, -0.1) is 0 Å². The number of urea groups is 1. The summed E-state index contributed by atoms with van der Waals surface area (Å²) in [5, 5.41) is 16.2. The first kappa shape index (κ1) is 35.9. The van der Waals surface area contributed by atoms with Gasteiger partial charge in [0.25, 0.3) is 0 Å². The van der Waals surface area contributed by atoms with Crippen LogP contribution < -0.4 is 15.4 Å². The number of nitrogens with one attached hydrogen (secondary N) is 2. The number of rotatable bonds is 12. The van der Waals surface area contributed by atoms with Gasteiger partial charge in [-0.25, -0.2) is 14.8 Å². The van der Waals surface area contributed by atoms with Crippen LogP contribution in [0.1, 0.15) is 41.6 Å². The SMILES string of the molecule is C[C@H]1[C@@H](CSc2ncccn2)O[C@@H](c2ccc(-c3ccccc3CNC(=O)Nc3ccc(Oc4ccccc4)cc3)cc2)O[C@H]1c1ccc(CO)cc1. The highest BCUT2D eigenvalue weighted by molar-refractivity contribution is 7.99. The molecule has 268 valence electrons. The highest BCUT2D eigenvalue weighted by Gasteiger charge is 2.38. The third-order valence-corrected chi connectivity index (χ3v) is 10.0. The van der Waals surface area contributed by atoms with Crippen molar-refractivity contribution in [3.63, 3.8) is 0 Å². The van der Waals surface area contributed by atoms with Gasteiger partial charge in [-0.2, -0.15) is 0 Å². The molecule has 10 heteroatoms. The second-order valence-corrected chi connectivity index (χ2v) is 13.7. The van der Waals surface area contributed by atoms with Crippen LogP contribution in [0.5, 0.6) is 11.5 Å². The van der Waals surface area contributed by atoms with Gasteiger partial charge in [0, 0.05) is 41.9 Å². The fourth-order valence-electron chi connectivity index (χ4n) is 6.18. The van der Waals surface area contributed by atoms with Crippen molar-refractivity contribution >= 4 is 23.5 Å². The number of carbonyl (C=O) groups is 1. The quantitative estimate of drug-likeness (QED) is 0.0845. The number of carbonyl (C=O) groups excluding carboxylic acids is 1. The first-order chi connectivity index (χ1) is 26.0. The van der Waals surface area contributed by atoms with E-state index in [0.29, 0.717) is 28.9 Å². The molecule has 4 atom stereocenters. The van der Waals surface area contributed by atoms with Gasteiger partial charge in [0.2, 0.25) is 0 Å². The summed E-state index contributed by atoms with van der Waals surface area (Å²) in [6.07, 6.45) is 2.53. The highest BCUT2D eigenvalue weighted by atomic mass is 32.2. The Morgan fingerprint density at radius 2 is 1.45 bits per heavy atom. The molecule has 7 rings (SSSR count). The zero-order chi connectivity index (χ0) is 36.4. The van der Waals surface area contributed by atoms with E-state index in [0.717, 1.165) is 39.1 Å². The Bertz CT molecular complexity index is 2070. The Balaban J connectivity index is 1.01. The van der Waals surface area contributed by atoms with Crippen LogP contribution in [0.25, 0.3) is 11.1 Å². The van der Waals surface area contributed by atoms with E-state index in [1.54, 1.807) is 30.2 Å². The number of amides is 2. The van der Waals surface area contributed by atoms with Gasteiger partial charge in [-0.3, -0.25) is 0 Å². The molecule has 0 radical (unpaired) electrons. The van der Waals surface area contributed by atoms with Crippen molar-refractivity contribution in [3.8, 4) is 22.6 Å². The minimum Gasteiger partial charge on any atom is -0.457 e. The van der Waals surface area contributed by atoms with Crippen LogP contribution in [0.2, 0.25) is 0 Å². The molecule has 0 saturated carbocycles. The van der Waals surface area contributed by atoms with Crippen molar-refractivity contribution in [1.29, 1.82) is 0 Å². The van der Waals surface area contributed by atoms with Crippen molar-refractivity contribution in [2.24, 2.45) is 5.92 Å². The number of ether oxygens (including phenoxy) is 3. The van der Waals surface area contributed by atoms with Gasteiger partial charge in [-0.05, 0) is 70.3 Å². The molecule has 1 saturated heterocycles. The lowest BCUT2D eigenvalue weighted by atomic mass is 9.91. The number of thioether (sulfide) groups is 1. The maximum absolute atomic E-state index is 12.9. The number of nitrogens with zero attached hydrogens (tertiary/aromatic N) is 2. The van der Waals surface area contributed by atoms with Crippen LogP contribution in [0.15, 0.2) is 151 Å². The number of benzene rings is 5. The average molecular weight is 725 g/mol. The minimum absolute atomic E-state index is 0.0113. The topological polar surface area (TPSA) is 115 Å². The van der Waals surface area contributed by atoms with E-state index in [1.807, 2.05) is 109 Å². The predicted molar refractivity (Wildman–Crippen MR) is 206 cm³/mol. The molecular formula is C43H40N4O5S. The first-order valence-corrected chi connectivity index (χ1v) is 18.5. The number of hydrogen-bond acceptors (Lipinski definition) is 8. The molecule has 53 heavy (non-hydrogen) atoms. The molecule has 2 amide bonds. The standard InChI is InChI=1S/C43H40N4O5S/c1-29-39(28-53-43-44-24-7-25-45-43)51-41(52-40(29)32-14-12-30(27-48)13-15-32)33-18-16-31(17-19-33)38-11-6-5-8-34(38)26-46-42(49)47-35-20-22-37(23-21-35)50-36-9-3-2-4-10-36/h2-25,29,39-41,48H,26-28H2,1H3,(H2,46,47,49)/t29-,39+,40+,41+/m0/s1. The van der Waals surface area contributed by atoms with Gasteiger partial charge in [0.15, 0.2) is 11.4 Å². The summed E-state index contributed by atoms with van der Waals surface area (Å²) >= 11 is 1.56. The fourth-order valence-corrected chi connectivity index (χ4v) is 7.15. The van der Waals surface area contributed by atoms with E-state index < -0.39 is 6.29 Å². The molecule has 1 fully saturated rings. The first-order valence-electron chi connectivity index (χ1n) is 17.5. The molecule has 2 heterocycles. The summed E-state index contributed by atoms with van der Waals surface area (Å²) in [6, 6.07) is 42.4. The normalized spacial score (nSPS) is 18.2. The lowest BCUT2D eigenvalue weighted by Crippen LogP contribution is -2.38. The second-order valence-electron chi connectivity index (χ2n) is 12.7. The molecule has 6 aromatic rings.